The largest absolute Gasteiger partial charge is 0.344 e. The maximum absolute atomic E-state index is 3.51. The highest BCUT2D eigenvalue weighted by Crippen LogP contribution is 2.28. The van der Waals surface area contributed by atoms with E-state index in [4.69, 9.17) is 0 Å². The zero-order valence-corrected chi connectivity index (χ0v) is 10.7. The molecule has 1 heterocycles. The van der Waals surface area contributed by atoms with E-state index in [-0.39, 0.29) is 0 Å². The summed E-state index contributed by atoms with van der Waals surface area (Å²) in [4.78, 5) is 0. The van der Waals surface area contributed by atoms with Crippen LogP contribution in [-0.2, 0) is 12.4 Å². The first-order valence-electron chi connectivity index (χ1n) is 5.33. The molecule has 0 atom stereocenters. The molecule has 0 saturated heterocycles. The van der Waals surface area contributed by atoms with Gasteiger partial charge in [0.05, 0.1) is 0 Å². The van der Waals surface area contributed by atoms with Gasteiger partial charge in [-0.2, -0.15) is 0 Å². The van der Waals surface area contributed by atoms with Gasteiger partial charge >= 0.3 is 0 Å². The van der Waals surface area contributed by atoms with E-state index in [9.17, 15) is 0 Å². The van der Waals surface area contributed by atoms with Crippen molar-refractivity contribution >= 4 is 37.7 Å². The van der Waals surface area contributed by atoms with Gasteiger partial charge in [0.2, 0.25) is 0 Å². The lowest BCUT2D eigenvalue weighted by Gasteiger charge is -1.98. The molecule has 3 aromatic rings. The van der Waals surface area contributed by atoms with Crippen molar-refractivity contribution in [2.75, 3.05) is 0 Å². The minimum atomic E-state index is 0.909. The average molecular weight is 274 g/mol. The second kappa shape index (κ2) is 3.63. The molecule has 1 nitrogen and oxygen atoms in total. The van der Waals surface area contributed by atoms with Gasteiger partial charge in [-0.1, -0.05) is 40.2 Å². The summed E-state index contributed by atoms with van der Waals surface area (Å²) in [6, 6.07) is 15.2. The minimum absolute atomic E-state index is 0.909. The van der Waals surface area contributed by atoms with Crippen LogP contribution in [0, 0.1) is 0 Å². The Bertz CT molecular complexity index is 667. The number of fused-ring (bicyclic) bond motifs is 3. The number of rotatable bonds is 1. The van der Waals surface area contributed by atoms with Gasteiger partial charge in [0, 0.05) is 34.2 Å². The number of nitrogens with zero attached hydrogens (tertiary/aromatic N) is 1. The van der Waals surface area contributed by atoms with E-state index in [0.717, 1.165) is 5.33 Å². The Morgan fingerprint density at radius 3 is 2.56 bits per heavy atom. The molecule has 0 aliphatic heterocycles. The Balaban J connectivity index is 2.52. The van der Waals surface area contributed by atoms with Gasteiger partial charge in [-0.25, -0.2) is 0 Å². The van der Waals surface area contributed by atoms with E-state index in [1.54, 1.807) is 0 Å². The summed E-state index contributed by atoms with van der Waals surface area (Å²) in [7, 11) is 2.12. The van der Waals surface area contributed by atoms with Crippen LogP contribution in [0.4, 0.5) is 0 Å². The molecule has 0 spiro atoms. The number of para-hydroxylation sites is 1. The maximum atomic E-state index is 3.51. The Hall–Kier alpha value is -1.28. The summed E-state index contributed by atoms with van der Waals surface area (Å²) in [6.07, 6.45) is 0. The predicted octanol–water partition coefficient (Wildman–Crippen LogP) is 4.23. The monoisotopic (exact) mass is 273 g/mol. The number of alkyl halides is 1. The Kier molecular flexibility index (Phi) is 2.25. The highest BCUT2D eigenvalue weighted by atomic mass is 79.9. The van der Waals surface area contributed by atoms with E-state index in [1.807, 2.05) is 0 Å². The van der Waals surface area contributed by atoms with Crippen molar-refractivity contribution < 1.29 is 0 Å². The van der Waals surface area contributed by atoms with Crippen LogP contribution in [0.25, 0.3) is 21.8 Å². The van der Waals surface area contributed by atoms with Crippen molar-refractivity contribution in [3.63, 3.8) is 0 Å². The molecule has 3 rings (SSSR count). The van der Waals surface area contributed by atoms with Crippen LogP contribution in [-0.4, -0.2) is 4.57 Å². The van der Waals surface area contributed by atoms with Crippen LogP contribution in [0.2, 0.25) is 0 Å². The zero-order chi connectivity index (χ0) is 11.1. The van der Waals surface area contributed by atoms with Crippen LogP contribution in [0.15, 0.2) is 42.5 Å². The molecule has 2 heteroatoms. The van der Waals surface area contributed by atoms with Crippen molar-refractivity contribution in [1.29, 1.82) is 0 Å². The van der Waals surface area contributed by atoms with E-state index in [0.29, 0.717) is 0 Å². The average Bonchev–Trinajstić information content (AvgIpc) is 2.64. The van der Waals surface area contributed by atoms with E-state index >= 15 is 0 Å². The van der Waals surface area contributed by atoms with Crippen molar-refractivity contribution in [2.24, 2.45) is 7.05 Å². The molecule has 0 unspecified atom stereocenters. The summed E-state index contributed by atoms with van der Waals surface area (Å²) in [5, 5.41) is 3.59. The molecule has 16 heavy (non-hydrogen) atoms. The SMILES string of the molecule is Cn1c2ccccc2c2cc(CBr)ccc21. The molecule has 0 N–H and O–H groups in total. The Morgan fingerprint density at radius 2 is 1.75 bits per heavy atom. The lowest BCUT2D eigenvalue weighted by molar-refractivity contribution is 1.01. The number of aromatic nitrogens is 1. The van der Waals surface area contributed by atoms with Crippen LogP contribution < -0.4 is 0 Å². The van der Waals surface area contributed by atoms with Crippen LogP contribution in [0.1, 0.15) is 5.56 Å². The summed E-state index contributed by atoms with van der Waals surface area (Å²) in [5.74, 6) is 0. The fraction of sp³-hybridized carbons (Fsp3) is 0.143. The number of hydrogen-bond acceptors (Lipinski definition) is 0. The minimum Gasteiger partial charge on any atom is -0.344 e. The van der Waals surface area contributed by atoms with Crippen LogP contribution in [0.3, 0.4) is 0 Å². The van der Waals surface area contributed by atoms with Crippen molar-refractivity contribution in [3.05, 3.63) is 48.0 Å². The van der Waals surface area contributed by atoms with E-state index < -0.39 is 0 Å². The molecule has 80 valence electrons. The van der Waals surface area contributed by atoms with Crippen molar-refractivity contribution in [3.8, 4) is 0 Å². The molecule has 0 aliphatic carbocycles. The van der Waals surface area contributed by atoms with Gasteiger partial charge in [0.25, 0.3) is 0 Å². The third-order valence-electron chi connectivity index (χ3n) is 3.13. The first kappa shape index (κ1) is 9.91. The van der Waals surface area contributed by atoms with E-state index in [2.05, 4.69) is 70.0 Å². The topological polar surface area (TPSA) is 4.93 Å². The zero-order valence-electron chi connectivity index (χ0n) is 9.07. The maximum Gasteiger partial charge on any atom is 0.0488 e. The van der Waals surface area contributed by atoms with Crippen molar-refractivity contribution in [2.45, 2.75) is 5.33 Å². The number of hydrogen-bond donors (Lipinski definition) is 0. The molecule has 2 aromatic carbocycles. The summed E-state index contributed by atoms with van der Waals surface area (Å²) >= 11 is 3.51. The standard InChI is InChI=1S/C14H12BrN/c1-16-13-5-3-2-4-11(13)12-8-10(9-15)6-7-14(12)16/h2-8H,9H2,1H3. The predicted molar refractivity (Wildman–Crippen MR) is 73.1 cm³/mol. The first-order valence-corrected chi connectivity index (χ1v) is 6.45. The molecule has 1 aromatic heterocycles. The molecule has 0 amide bonds. The summed E-state index contributed by atoms with van der Waals surface area (Å²) < 4.78 is 2.25. The number of benzene rings is 2. The quantitative estimate of drug-likeness (QED) is 0.585. The van der Waals surface area contributed by atoms with Crippen LogP contribution in [0.5, 0.6) is 0 Å². The fourth-order valence-corrected chi connectivity index (χ4v) is 2.65. The molecule has 0 radical (unpaired) electrons. The summed E-state index contributed by atoms with van der Waals surface area (Å²) in [5.41, 5.74) is 3.92. The number of aryl methyl sites for hydroxylation is 1. The van der Waals surface area contributed by atoms with Crippen LogP contribution >= 0.6 is 15.9 Å². The fourth-order valence-electron chi connectivity index (χ4n) is 2.30. The van der Waals surface area contributed by atoms with Gasteiger partial charge in [-0.05, 0) is 23.8 Å². The lowest BCUT2D eigenvalue weighted by atomic mass is 10.1. The second-order valence-corrected chi connectivity index (χ2v) is 4.62. The highest BCUT2D eigenvalue weighted by molar-refractivity contribution is 9.08. The normalized spacial score (nSPS) is 11.4. The van der Waals surface area contributed by atoms with Gasteiger partial charge in [-0.3, -0.25) is 0 Å². The van der Waals surface area contributed by atoms with Gasteiger partial charge < -0.3 is 4.57 Å². The van der Waals surface area contributed by atoms with Crippen molar-refractivity contribution in [1.82, 2.24) is 4.57 Å². The van der Waals surface area contributed by atoms with Gasteiger partial charge in [0.15, 0.2) is 0 Å². The molecule has 0 aliphatic rings. The second-order valence-electron chi connectivity index (χ2n) is 4.06. The lowest BCUT2D eigenvalue weighted by Crippen LogP contribution is -1.86. The molecule has 0 bridgehead atoms. The third kappa shape index (κ3) is 1.30. The smallest absolute Gasteiger partial charge is 0.0488 e. The first-order chi connectivity index (χ1) is 7.81. The van der Waals surface area contributed by atoms with E-state index in [1.165, 1.54) is 27.4 Å². The molecular formula is C14H12BrN. The van der Waals surface area contributed by atoms with Gasteiger partial charge in [-0.15, -0.1) is 0 Å². The summed E-state index contributed by atoms with van der Waals surface area (Å²) in [6.45, 7) is 0. The Morgan fingerprint density at radius 1 is 1.00 bits per heavy atom. The number of halogens is 1. The highest BCUT2D eigenvalue weighted by Gasteiger charge is 2.07. The van der Waals surface area contributed by atoms with Gasteiger partial charge in [0.1, 0.15) is 0 Å². The third-order valence-corrected chi connectivity index (χ3v) is 3.78. The molecule has 0 fully saturated rings. The Labute approximate surface area is 103 Å². The molecule has 0 saturated carbocycles. The molecular weight excluding hydrogens is 262 g/mol.